The van der Waals surface area contributed by atoms with Crippen molar-refractivity contribution in [2.24, 2.45) is 5.41 Å². The van der Waals surface area contributed by atoms with Crippen molar-refractivity contribution in [3.63, 3.8) is 0 Å². The number of hydrogen-bond donors (Lipinski definition) is 2. The third kappa shape index (κ3) is 3.50. The van der Waals surface area contributed by atoms with Gasteiger partial charge in [-0.1, -0.05) is 0 Å². The third-order valence-corrected chi connectivity index (χ3v) is 7.03. The highest BCUT2D eigenvalue weighted by Crippen LogP contribution is 2.52. The average Bonchev–Trinajstić information content (AvgIpc) is 2.87. The van der Waals surface area contributed by atoms with Crippen LogP contribution in [0.5, 0.6) is 5.75 Å². The van der Waals surface area contributed by atoms with Gasteiger partial charge in [0.15, 0.2) is 0 Å². The molecule has 1 aromatic heterocycles. The van der Waals surface area contributed by atoms with Crippen LogP contribution in [-0.2, 0) is 17.8 Å². The third-order valence-electron chi connectivity index (χ3n) is 5.47. The number of aromatic nitrogens is 1. The second-order valence-corrected chi connectivity index (χ2v) is 10.1. The Hall–Kier alpha value is -1.51. The lowest BCUT2D eigenvalue weighted by atomic mass is 9.73. The minimum absolute atomic E-state index is 0.129. The Balaban J connectivity index is 1.92. The number of amides is 1. The number of methoxy groups -OCH3 is 1. The molecule has 0 radical (unpaired) electrons. The quantitative estimate of drug-likeness (QED) is 0.781. The van der Waals surface area contributed by atoms with E-state index in [0.717, 1.165) is 30.5 Å². The van der Waals surface area contributed by atoms with E-state index in [4.69, 9.17) is 4.74 Å². The summed E-state index contributed by atoms with van der Waals surface area (Å²) in [5.41, 5.74) is 1.83. The number of carbonyl (C=O) groups is 1. The Morgan fingerprint density at radius 2 is 2.12 bits per heavy atom. The zero-order chi connectivity index (χ0) is 19.1. The molecule has 1 fully saturated rings. The first-order valence-corrected chi connectivity index (χ1v) is 10.00. The van der Waals surface area contributed by atoms with Crippen LogP contribution < -0.4 is 9.46 Å². The maximum atomic E-state index is 12.8. The van der Waals surface area contributed by atoms with Crippen molar-refractivity contribution in [3.8, 4) is 5.75 Å². The van der Waals surface area contributed by atoms with Crippen LogP contribution in [0.1, 0.15) is 50.9 Å². The topological polar surface area (TPSA) is 97.8 Å². The van der Waals surface area contributed by atoms with Crippen LogP contribution in [0.3, 0.4) is 0 Å². The number of nitrogens with zero attached hydrogens (tertiary/aromatic N) is 2. The number of carboxylic acid groups (broad SMARTS) is 1. The molecular weight excluding hydrogens is 354 g/mol. The molecular formula is C18H27N3O4S. The fourth-order valence-electron chi connectivity index (χ4n) is 3.85. The number of hydrogen-bond acceptors (Lipinski definition) is 5. The SMILES string of the molecule is COc1cnc2c(c1)[C@H](N[S+]([O-])C(C)(C)C)C1(CCN(C(=O)O)CC1)C2. The van der Waals surface area contributed by atoms with Gasteiger partial charge >= 0.3 is 6.09 Å². The Labute approximate surface area is 157 Å². The van der Waals surface area contributed by atoms with E-state index in [0.29, 0.717) is 18.8 Å². The first-order chi connectivity index (χ1) is 12.2. The molecule has 144 valence electrons. The molecule has 0 aromatic carbocycles. The fraction of sp³-hybridized carbons (Fsp3) is 0.667. The largest absolute Gasteiger partial charge is 0.598 e. The van der Waals surface area contributed by atoms with Crippen LogP contribution in [0.25, 0.3) is 0 Å². The van der Waals surface area contributed by atoms with Gasteiger partial charge in [0.25, 0.3) is 0 Å². The van der Waals surface area contributed by atoms with Crippen LogP contribution in [0.4, 0.5) is 4.79 Å². The monoisotopic (exact) mass is 381 g/mol. The molecule has 0 saturated carbocycles. The molecule has 1 unspecified atom stereocenters. The standard InChI is InChI=1S/C18H27N3O4S/c1-17(2,3)26(24)20-15-13-9-12(25-4)11-19-14(13)10-18(15)5-7-21(8-6-18)16(22)23/h9,11,15,20H,5-8,10H2,1-4H3,(H,22,23)/t15-,26?/m0/s1. The summed E-state index contributed by atoms with van der Waals surface area (Å²) >= 11 is -1.24. The Bertz CT molecular complexity index is 684. The van der Waals surface area contributed by atoms with E-state index in [1.165, 1.54) is 4.90 Å². The highest BCUT2D eigenvalue weighted by Gasteiger charge is 2.51. The molecule has 2 N–H and O–H groups in total. The van der Waals surface area contributed by atoms with Crippen LogP contribution >= 0.6 is 0 Å². The van der Waals surface area contributed by atoms with Gasteiger partial charge in [0.2, 0.25) is 0 Å². The lowest BCUT2D eigenvalue weighted by Gasteiger charge is -2.43. The summed E-state index contributed by atoms with van der Waals surface area (Å²) in [5, 5.41) is 9.26. The predicted octanol–water partition coefficient (Wildman–Crippen LogP) is 2.50. The molecule has 26 heavy (non-hydrogen) atoms. The number of likely N-dealkylation sites (tertiary alicyclic amines) is 1. The zero-order valence-corrected chi connectivity index (χ0v) is 16.6. The van der Waals surface area contributed by atoms with Crippen LogP contribution in [-0.4, -0.2) is 50.6 Å². The van der Waals surface area contributed by atoms with Crippen molar-refractivity contribution in [1.82, 2.24) is 14.6 Å². The van der Waals surface area contributed by atoms with Gasteiger partial charge in [-0.3, -0.25) is 4.98 Å². The molecule has 8 heteroatoms. The molecule has 1 aliphatic heterocycles. The molecule has 7 nitrogen and oxygen atoms in total. The molecule has 2 aliphatic rings. The van der Waals surface area contributed by atoms with Gasteiger partial charge < -0.3 is 19.3 Å². The summed E-state index contributed by atoms with van der Waals surface area (Å²) in [6.45, 7) is 6.79. The lowest BCUT2D eigenvalue weighted by Crippen LogP contribution is -2.50. The van der Waals surface area contributed by atoms with Crippen molar-refractivity contribution in [1.29, 1.82) is 0 Å². The first kappa shape index (κ1) is 19.3. The van der Waals surface area contributed by atoms with Crippen LogP contribution in [0, 0.1) is 5.41 Å². The number of rotatable bonds is 3. The molecule has 0 bridgehead atoms. The highest BCUT2D eigenvalue weighted by molar-refractivity contribution is 7.90. The first-order valence-electron chi connectivity index (χ1n) is 8.85. The number of piperidine rings is 1. The summed E-state index contributed by atoms with van der Waals surface area (Å²) in [7, 11) is 1.61. The van der Waals surface area contributed by atoms with E-state index in [-0.39, 0.29) is 11.5 Å². The van der Waals surface area contributed by atoms with Crippen molar-refractivity contribution in [2.75, 3.05) is 20.2 Å². The number of pyridine rings is 1. The summed E-state index contributed by atoms with van der Waals surface area (Å²) in [6, 6.07) is 1.84. The normalized spacial score (nSPS) is 23.0. The van der Waals surface area contributed by atoms with Gasteiger partial charge in [-0.05, 0) is 51.7 Å². The van der Waals surface area contributed by atoms with E-state index in [1.807, 2.05) is 26.8 Å². The molecule has 1 aliphatic carbocycles. The van der Waals surface area contributed by atoms with Crippen LogP contribution in [0.15, 0.2) is 12.3 Å². The highest BCUT2D eigenvalue weighted by atomic mass is 32.2. The molecule has 3 rings (SSSR count). The van der Waals surface area contributed by atoms with Gasteiger partial charge in [-0.15, -0.1) is 4.72 Å². The fourth-order valence-corrected chi connectivity index (χ4v) is 4.79. The molecule has 1 aromatic rings. The van der Waals surface area contributed by atoms with E-state index in [9.17, 15) is 14.5 Å². The minimum Gasteiger partial charge on any atom is -0.598 e. The van der Waals surface area contributed by atoms with Crippen molar-refractivity contribution in [2.45, 2.75) is 50.8 Å². The number of ether oxygens (including phenoxy) is 1. The van der Waals surface area contributed by atoms with E-state index in [1.54, 1.807) is 13.3 Å². The summed E-state index contributed by atoms with van der Waals surface area (Å²) in [4.78, 5) is 17.3. The van der Waals surface area contributed by atoms with Gasteiger partial charge in [0.05, 0.1) is 19.3 Å². The Morgan fingerprint density at radius 1 is 1.46 bits per heavy atom. The van der Waals surface area contributed by atoms with Gasteiger partial charge in [-0.25, -0.2) is 4.79 Å². The summed E-state index contributed by atoms with van der Waals surface area (Å²) < 4.78 is 21.1. The molecule has 2 heterocycles. The Kier molecular flexibility index (Phi) is 5.11. The molecule has 1 spiro atoms. The Morgan fingerprint density at radius 3 is 2.65 bits per heavy atom. The lowest BCUT2D eigenvalue weighted by molar-refractivity contribution is 0.0762. The minimum atomic E-state index is -1.24. The van der Waals surface area contributed by atoms with Crippen molar-refractivity contribution in [3.05, 3.63) is 23.5 Å². The second-order valence-electron chi connectivity index (χ2n) is 8.15. The van der Waals surface area contributed by atoms with Crippen LogP contribution in [0.2, 0.25) is 0 Å². The average molecular weight is 381 g/mol. The maximum absolute atomic E-state index is 12.8. The smallest absolute Gasteiger partial charge is 0.407 e. The summed E-state index contributed by atoms with van der Waals surface area (Å²) in [5.74, 6) is 0.678. The maximum Gasteiger partial charge on any atom is 0.407 e. The van der Waals surface area contributed by atoms with E-state index in [2.05, 4.69) is 9.71 Å². The van der Waals surface area contributed by atoms with Gasteiger partial charge in [0, 0.05) is 35.6 Å². The van der Waals surface area contributed by atoms with Crippen molar-refractivity contribution >= 4 is 17.5 Å². The molecule has 1 amide bonds. The summed E-state index contributed by atoms with van der Waals surface area (Å²) in [6.07, 6.45) is 3.03. The molecule has 1 saturated heterocycles. The van der Waals surface area contributed by atoms with Gasteiger partial charge in [-0.2, -0.15) is 0 Å². The van der Waals surface area contributed by atoms with Gasteiger partial charge in [0.1, 0.15) is 10.5 Å². The molecule has 2 atom stereocenters. The number of fused-ring (bicyclic) bond motifs is 1. The van der Waals surface area contributed by atoms with E-state index >= 15 is 0 Å². The second kappa shape index (κ2) is 6.90. The number of nitrogens with one attached hydrogen (secondary N) is 1. The predicted molar refractivity (Wildman–Crippen MR) is 99.5 cm³/mol. The zero-order valence-electron chi connectivity index (χ0n) is 15.7. The van der Waals surface area contributed by atoms with E-state index < -0.39 is 22.2 Å². The van der Waals surface area contributed by atoms with Crippen molar-refractivity contribution < 1.29 is 19.2 Å².